The van der Waals surface area contributed by atoms with Gasteiger partial charge in [0.15, 0.2) is 5.25 Å². The standard InChI is InChI=1S/C20H36O9S/c1-3-5-6-7-8-9-10-11-13-28-19(22)14-18(30(24,25)26)20(23)29-16-17(21)15-27-12-4-2/h4,17-18,21H,2-3,5-16H2,1H3,(H,24,25,26). The van der Waals surface area contributed by atoms with Gasteiger partial charge in [-0.05, 0) is 6.42 Å². The van der Waals surface area contributed by atoms with Gasteiger partial charge in [0.25, 0.3) is 10.1 Å². The third-order valence-electron chi connectivity index (χ3n) is 4.20. The molecule has 9 nitrogen and oxygen atoms in total. The predicted molar refractivity (Wildman–Crippen MR) is 112 cm³/mol. The van der Waals surface area contributed by atoms with E-state index in [1.54, 1.807) is 0 Å². The molecule has 0 bridgehead atoms. The summed E-state index contributed by atoms with van der Waals surface area (Å²) < 4.78 is 46.7. The van der Waals surface area contributed by atoms with Crippen LogP contribution >= 0.6 is 0 Å². The van der Waals surface area contributed by atoms with E-state index in [4.69, 9.17) is 9.47 Å². The Morgan fingerprint density at radius 3 is 2.17 bits per heavy atom. The van der Waals surface area contributed by atoms with Crippen LogP contribution in [0.4, 0.5) is 0 Å². The Labute approximate surface area is 179 Å². The molecule has 2 unspecified atom stereocenters. The highest BCUT2D eigenvalue weighted by atomic mass is 32.2. The van der Waals surface area contributed by atoms with Crippen LogP contribution in [0.3, 0.4) is 0 Å². The lowest BCUT2D eigenvalue weighted by Crippen LogP contribution is -2.36. The summed E-state index contributed by atoms with van der Waals surface area (Å²) in [4.78, 5) is 23.8. The molecule has 0 radical (unpaired) electrons. The first-order chi connectivity index (χ1) is 14.2. The highest BCUT2D eigenvalue weighted by Crippen LogP contribution is 2.11. The van der Waals surface area contributed by atoms with Gasteiger partial charge in [0.2, 0.25) is 0 Å². The fourth-order valence-electron chi connectivity index (χ4n) is 2.55. The molecule has 0 saturated carbocycles. The number of aliphatic hydroxyl groups excluding tert-OH is 1. The molecular formula is C20H36O9S. The lowest BCUT2D eigenvalue weighted by atomic mass is 10.1. The lowest BCUT2D eigenvalue weighted by molar-refractivity contribution is -0.152. The number of esters is 2. The summed E-state index contributed by atoms with van der Waals surface area (Å²) in [5.41, 5.74) is 0. The van der Waals surface area contributed by atoms with Crippen molar-refractivity contribution in [3.63, 3.8) is 0 Å². The van der Waals surface area contributed by atoms with Crippen molar-refractivity contribution in [3.8, 4) is 0 Å². The Hall–Kier alpha value is -1.49. The fraction of sp³-hybridized carbons (Fsp3) is 0.800. The Kier molecular flexibility index (Phi) is 16.4. The average molecular weight is 453 g/mol. The van der Waals surface area contributed by atoms with Crippen LogP contribution < -0.4 is 0 Å². The number of carbonyl (C=O) groups excluding carboxylic acids is 2. The third-order valence-corrected chi connectivity index (χ3v) is 5.28. The predicted octanol–water partition coefficient (Wildman–Crippen LogP) is 2.42. The molecule has 2 N–H and O–H groups in total. The van der Waals surface area contributed by atoms with E-state index in [0.717, 1.165) is 19.3 Å². The number of aliphatic hydroxyl groups is 1. The third kappa shape index (κ3) is 15.4. The van der Waals surface area contributed by atoms with Crippen molar-refractivity contribution in [2.75, 3.05) is 26.4 Å². The molecule has 0 aliphatic heterocycles. The quantitative estimate of drug-likeness (QED) is 0.131. The van der Waals surface area contributed by atoms with Crippen molar-refractivity contribution in [2.24, 2.45) is 0 Å². The molecule has 0 aromatic heterocycles. The van der Waals surface area contributed by atoms with Crippen molar-refractivity contribution in [1.29, 1.82) is 0 Å². The van der Waals surface area contributed by atoms with E-state index < -0.39 is 46.4 Å². The van der Waals surface area contributed by atoms with Gasteiger partial charge < -0.3 is 19.3 Å². The van der Waals surface area contributed by atoms with E-state index in [2.05, 4.69) is 18.2 Å². The molecule has 0 amide bonds. The topological polar surface area (TPSA) is 136 Å². The number of carbonyl (C=O) groups is 2. The monoisotopic (exact) mass is 452 g/mol. The second-order valence-electron chi connectivity index (χ2n) is 7.01. The van der Waals surface area contributed by atoms with Gasteiger partial charge in [0, 0.05) is 0 Å². The highest BCUT2D eigenvalue weighted by Gasteiger charge is 2.35. The molecule has 0 aliphatic carbocycles. The van der Waals surface area contributed by atoms with Gasteiger partial charge in [-0.3, -0.25) is 14.1 Å². The molecule has 0 aliphatic rings. The van der Waals surface area contributed by atoms with Crippen LogP contribution in [0, 0.1) is 0 Å². The maximum Gasteiger partial charge on any atom is 0.327 e. The molecule has 0 saturated heterocycles. The molecule has 0 rings (SSSR count). The maximum absolute atomic E-state index is 11.9. The Morgan fingerprint density at radius 1 is 1.00 bits per heavy atom. The summed E-state index contributed by atoms with van der Waals surface area (Å²) in [5, 5.41) is 7.49. The zero-order chi connectivity index (χ0) is 22.8. The molecule has 0 fully saturated rings. The summed E-state index contributed by atoms with van der Waals surface area (Å²) in [6.45, 7) is 5.18. The molecule has 0 spiro atoms. The minimum atomic E-state index is -4.88. The highest BCUT2D eigenvalue weighted by molar-refractivity contribution is 7.87. The van der Waals surface area contributed by atoms with Gasteiger partial charge in [-0.25, -0.2) is 0 Å². The molecule has 0 aromatic rings. The Morgan fingerprint density at radius 2 is 1.60 bits per heavy atom. The van der Waals surface area contributed by atoms with Crippen molar-refractivity contribution < 1.29 is 41.9 Å². The first-order valence-electron chi connectivity index (χ1n) is 10.4. The summed E-state index contributed by atoms with van der Waals surface area (Å²) in [5.74, 6) is -2.27. The van der Waals surface area contributed by atoms with Gasteiger partial charge >= 0.3 is 11.9 Å². The Balaban J connectivity index is 4.22. The smallest absolute Gasteiger partial charge is 0.327 e. The van der Waals surface area contributed by atoms with E-state index in [1.165, 1.54) is 31.8 Å². The van der Waals surface area contributed by atoms with Gasteiger partial charge in [0.1, 0.15) is 12.7 Å². The second kappa shape index (κ2) is 17.2. The number of unbranched alkanes of at least 4 members (excludes halogenated alkanes) is 7. The first-order valence-corrected chi connectivity index (χ1v) is 11.9. The molecular weight excluding hydrogens is 416 g/mol. The minimum Gasteiger partial charge on any atom is -0.466 e. The molecule has 30 heavy (non-hydrogen) atoms. The van der Waals surface area contributed by atoms with E-state index >= 15 is 0 Å². The van der Waals surface area contributed by atoms with E-state index in [9.17, 15) is 27.7 Å². The first kappa shape index (κ1) is 28.5. The summed E-state index contributed by atoms with van der Waals surface area (Å²) >= 11 is 0. The molecule has 0 heterocycles. The van der Waals surface area contributed by atoms with Gasteiger partial charge in [-0.1, -0.05) is 57.9 Å². The second-order valence-corrected chi connectivity index (χ2v) is 8.61. The molecule has 0 aromatic carbocycles. The molecule has 2 atom stereocenters. The summed E-state index contributed by atoms with van der Waals surface area (Å²) in [7, 11) is -4.88. The van der Waals surface area contributed by atoms with Crippen LogP contribution in [0.25, 0.3) is 0 Å². The zero-order valence-electron chi connectivity index (χ0n) is 17.8. The maximum atomic E-state index is 11.9. The Bertz CT molecular complexity index is 589. The van der Waals surface area contributed by atoms with Gasteiger partial charge in [0.05, 0.1) is 26.2 Å². The molecule has 176 valence electrons. The lowest BCUT2D eigenvalue weighted by Gasteiger charge is -2.15. The van der Waals surface area contributed by atoms with Gasteiger partial charge in [-0.15, -0.1) is 6.58 Å². The van der Waals surface area contributed by atoms with Crippen LogP contribution in [0.2, 0.25) is 0 Å². The fourth-order valence-corrected chi connectivity index (χ4v) is 3.21. The summed E-state index contributed by atoms with van der Waals surface area (Å²) in [6.07, 6.45) is 7.91. The van der Waals surface area contributed by atoms with Crippen LogP contribution in [0.1, 0.15) is 64.7 Å². The number of ether oxygens (including phenoxy) is 3. The van der Waals surface area contributed by atoms with Crippen molar-refractivity contribution in [1.82, 2.24) is 0 Å². The number of hydrogen-bond donors (Lipinski definition) is 2. The van der Waals surface area contributed by atoms with E-state index in [1.807, 2.05) is 0 Å². The van der Waals surface area contributed by atoms with E-state index in [0.29, 0.717) is 6.42 Å². The minimum absolute atomic E-state index is 0.112. The number of hydrogen-bond acceptors (Lipinski definition) is 8. The molecule has 10 heteroatoms. The van der Waals surface area contributed by atoms with Crippen LogP contribution in [-0.2, 0) is 33.9 Å². The van der Waals surface area contributed by atoms with E-state index in [-0.39, 0.29) is 19.8 Å². The van der Waals surface area contributed by atoms with Crippen LogP contribution in [0.5, 0.6) is 0 Å². The van der Waals surface area contributed by atoms with Crippen molar-refractivity contribution in [2.45, 2.75) is 76.1 Å². The van der Waals surface area contributed by atoms with Crippen LogP contribution in [0.15, 0.2) is 12.7 Å². The van der Waals surface area contributed by atoms with Gasteiger partial charge in [-0.2, -0.15) is 8.42 Å². The SMILES string of the molecule is C=CCOCC(O)COC(=O)C(CC(=O)OCCCCCCCCCC)S(=O)(=O)O. The largest absolute Gasteiger partial charge is 0.466 e. The van der Waals surface area contributed by atoms with Crippen LogP contribution in [-0.4, -0.2) is 67.8 Å². The summed E-state index contributed by atoms with van der Waals surface area (Å²) in [6, 6.07) is 0. The van der Waals surface area contributed by atoms with Crippen molar-refractivity contribution >= 4 is 22.1 Å². The zero-order valence-corrected chi connectivity index (χ0v) is 18.6. The average Bonchev–Trinajstić information content (AvgIpc) is 2.68. The number of rotatable bonds is 19. The normalized spacial score (nSPS) is 13.4. The van der Waals surface area contributed by atoms with Crippen molar-refractivity contribution in [3.05, 3.63) is 12.7 Å².